The van der Waals surface area contributed by atoms with Crippen LogP contribution in [0, 0.1) is 16.0 Å². The lowest BCUT2D eigenvalue weighted by atomic mass is 10.1. The van der Waals surface area contributed by atoms with E-state index in [4.69, 9.17) is 11.6 Å². The van der Waals surface area contributed by atoms with E-state index in [1.54, 1.807) is 4.90 Å². The number of pyridine rings is 1. The van der Waals surface area contributed by atoms with E-state index in [1.807, 2.05) is 13.8 Å². The zero-order valence-electron chi connectivity index (χ0n) is 11.4. The van der Waals surface area contributed by atoms with Gasteiger partial charge in [0.25, 0.3) is 11.6 Å². The fourth-order valence-electron chi connectivity index (χ4n) is 2.07. The third kappa shape index (κ3) is 3.25. The minimum Gasteiger partial charge on any atom is -0.335 e. The molecule has 1 heterocycles. The lowest BCUT2D eigenvalue weighted by molar-refractivity contribution is -0.385. The Bertz CT molecular complexity index is 544. The van der Waals surface area contributed by atoms with Gasteiger partial charge in [-0.05, 0) is 24.8 Å². The van der Waals surface area contributed by atoms with Gasteiger partial charge in [0, 0.05) is 12.6 Å². The van der Waals surface area contributed by atoms with Crippen molar-refractivity contribution in [2.45, 2.75) is 32.7 Å². The molecule has 1 saturated carbocycles. The van der Waals surface area contributed by atoms with Gasteiger partial charge in [0.2, 0.25) is 0 Å². The Hall–Kier alpha value is -1.69. The Morgan fingerprint density at radius 2 is 2.25 bits per heavy atom. The van der Waals surface area contributed by atoms with Crippen LogP contribution in [0.2, 0.25) is 5.15 Å². The van der Waals surface area contributed by atoms with Crippen molar-refractivity contribution in [1.29, 1.82) is 0 Å². The van der Waals surface area contributed by atoms with Gasteiger partial charge in [-0.25, -0.2) is 4.98 Å². The van der Waals surface area contributed by atoms with Gasteiger partial charge < -0.3 is 4.90 Å². The highest BCUT2D eigenvalue weighted by Crippen LogP contribution is 2.31. The summed E-state index contributed by atoms with van der Waals surface area (Å²) in [6.07, 6.45) is 2.94. The number of halogens is 1. The highest BCUT2D eigenvalue weighted by atomic mass is 35.5. The van der Waals surface area contributed by atoms with Gasteiger partial charge in [-0.15, -0.1) is 0 Å². The molecule has 108 valence electrons. The molecule has 0 aliphatic heterocycles. The van der Waals surface area contributed by atoms with Crippen molar-refractivity contribution < 1.29 is 9.72 Å². The Kier molecular flexibility index (Phi) is 4.23. The lowest BCUT2D eigenvalue weighted by Crippen LogP contribution is -2.36. The summed E-state index contributed by atoms with van der Waals surface area (Å²) in [4.78, 5) is 28.4. The number of amides is 1. The van der Waals surface area contributed by atoms with Crippen LogP contribution in [0.15, 0.2) is 12.3 Å². The monoisotopic (exact) mass is 297 g/mol. The quantitative estimate of drug-likeness (QED) is 0.476. The molecule has 0 spiro atoms. The normalized spacial score (nSPS) is 14.4. The van der Waals surface area contributed by atoms with E-state index < -0.39 is 4.92 Å². The summed E-state index contributed by atoms with van der Waals surface area (Å²) in [5.41, 5.74) is -0.281. The van der Waals surface area contributed by atoms with Crippen molar-refractivity contribution in [1.82, 2.24) is 9.88 Å². The smallest absolute Gasteiger partial charge is 0.300 e. The van der Waals surface area contributed by atoms with E-state index in [-0.39, 0.29) is 28.4 Å². The Morgan fingerprint density at radius 3 is 2.75 bits per heavy atom. The van der Waals surface area contributed by atoms with Crippen LogP contribution in [0.1, 0.15) is 37.0 Å². The minimum atomic E-state index is -0.600. The van der Waals surface area contributed by atoms with Crippen molar-refractivity contribution in [2.24, 2.45) is 5.92 Å². The first-order valence-corrected chi connectivity index (χ1v) is 6.89. The standard InChI is InChI=1S/C13H16ClN3O3/c1-8(2)7-16(9-3-4-9)13(18)10-5-12(14)15-6-11(10)17(19)20/h5-6,8-9H,3-4,7H2,1-2H3. The predicted octanol–water partition coefficient (Wildman–Crippen LogP) is 2.90. The first kappa shape index (κ1) is 14.7. The second kappa shape index (κ2) is 5.75. The SMILES string of the molecule is CC(C)CN(C(=O)c1cc(Cl)ncc1[N+](=O)[O-])C1CC1. The molecule has 1 aromatic rings. The molecule has 0 aromatic carbocycles. The van der Waals surface area contributed by atoms with E-state index in [1.165, 1.54) is 6.07 Å². The number of carbonyl (C=O) groups is 1. The second-order valence-electron chi connectivity index (χ2n) is 5.36. The van der Waals surface area contributed by atoms with Gasteiger partial charge in [-0.1, -0.05) is 25.4 Å². The average Bonchev–Trinajstić information content (AvgIpc) is 3.18. The van der Waals surface area contributed by atoms with Crippen molar-refractivity contribution in [2.75, 3.05) is 6.54 Å². The van der Waals surface area contributed by atoms with Crippen LogP contribution in [0.25, 0.3) is 0 Å². The Morgan fingerprint density at radius 1 is 1.60 bits per heavy atom. The molecule has 0 unspecified atom stereocenters. The molecule has 0 saturated heterocycles. The molecular formula is C13H16ClN3O3. The Balaban J connectivity index is 2.35. The molecule has 0 radical (unpaired) electrons. The lowest BCUT2D eigenvalue weighted by Gasteiger charge is -2.24. The van der Waals surface area contributed by atoms with E-state index in [0.29, 0.717) is 12.5 Å². The third-order valence-electron chi connectivity index (χ3n) is 3.09. The summed E-state index contributed by atoms with van der Waals surface area (Å²) in [7, 11) is 0. The van der Waals surface area contributed by atoms with Gasteiger partial charge in [-0.3, -0.25) is 14.9 Å². The number of nitrogens with zero attached hydrogens (tertiary/aromatic N) is 3. The van der Waals surface area contributed by atoms with Gasteiger partial charge in [0.05, 0.1) is 4.92 Å². The van der Waals surface area contributed by atoms with Gasteiger partial charge in [-0.2, -0.15) is 0 Å². The second-order valence-corrected chi connectivity index (χ2v) is 5.75. The number of hydrogen-bond acceptors (Lipinski definition) is 4. The van der Waals surface area contributed by atoms with Crippen LogP contribution < -0.4 is 0 Å². The highest BCUT2D eigenvalue weighted by Gasteiger charge is 2.36. The van der Waals surface area contributed by atoms with E-state index in [9.17, 15) is 14.9 Å². The van der Waals surface area contributed by atoms with Gasteiger partial charge in [0.15, 0.2) is 0 Å². The van der Waals surface area contributed by atoms with Crippen LogP contribution >= 0.6 is 11.6 Å². The molecule has 1 amide bonds. The molecule has 1 fully saturated rings. The number of rotatable bonds is 5. The molecule has 6 nitrogen and oxygen atoms in total. The van der Waals surface area contributed by atoms with Crippen LogP contribution in [-0.4, -0.2) is 33.3 Å². The van der Waals surface area contributed by atoms with Crippen LogP contribution in [0.4, 0.5) is 5.69 Å². The summed E-state index contributed by atoms with van der Waals surface area (Å²) in [5.74, 6) is -0.0342. The van der Waals surface area contributed by atoms with Crippen LogP contribution in [0.5, 0.6) is 0 Å². The molecule has 1 aliphatic carbocycles. The van der Waals surface area contributed by atoms with Crippen LogP contribution in [0.3, 0.4) is 0 Å². The maximum Gasteiger partial charge on any atom is 0.300 e. The number of aromatic nitrogens is 1. The predicted molar refractivity (Wildman–Crippen MR) is 74.8 cm³/mol. The van der Waals surface area contributed by atoms with Crippen LogP contribution in [-0.2, 0) is 0 Å². The fourth-order valence-corrected chi connectivity index (χ4v) is 2.23. The maximum atomic E-state index is 12.6. The van der Waals surface area contributed by atoms with Crippen molar-refractivity contribution in [3.05, 3.63) is 33.1 Å². The summed E-state index contributed by atoms with van der Waals surface area (Å²) < 4.78 is 0. The van der Waals surface area contributed by atoms with Gasteiger partial charge >= 0.3 is 0 Å². The molecule has 1 aromatic heterocycles. The summed E-state index contributed by atoms with van der Waals surface area (Å²) in [6.45, 7) is 4.60. The maximum absolute atomic E-state index is 12.6. The highest BCUT2D eigenvalue weighted by molar-refractivity contribution is 6.29. The van der Waals surface area contributed by atoms with Gasteiger partial charge in [0.1, 0.15) is 16.9 Å². The van der Waals surface area contributed by atoms with Crippen molar-refractivity contribution in [3.8, 4) is 0 Å². The summed E-state index contributed by atoms with van der Waals surface area (Å²) in [5, 5.41) is 11.1. The van der Waals surface area contributed by atoms with E-state index in [2.05, 4.69) is 4.98 Å². The minimum absolute atomic E-state index is 0.0163. The first-order chi connectivity index (χ1) is 9.40. The zero-order chi connectivity index (χ0) is 14.9. The zero-order valence-corrected chi connectivity index (χ0v) is 12.1. The molecule has 7 heteroatoms. The fraction of sp³-hybridized carbons (Fsp3) is 0.538. The molecule has 0 N–H and O–H groups in total. The van der Waals surface area contributed by atoms with Crippen molar-refractivity contribution >= 4 is 23.2 Å². The first-order valence-electron chi connectivity index (χ1n) is 6.51. The third-order valence-corrected chi connectivity index (χ3v) is 3.29. The molecule has 1 aliphatic rings. The summed E-state index contributed by atoms with van der Waals surface area (Å²) >= 11 is 5.77. The topological polar surface area (TPSA) is 76.3 Å². The molecule has 0 bridgehead atoms. The molecule has 20 heavy (non-hydrogen) atoms. The number of carbonyl (C=O) groups excluding carboxylic acids is 1. The average molecular weight is 298 g/mol. The Labute approximate surface area is 121 Å². The van der Waals surface area contributed by atoms with E-state index in [0.717, 1.165) is 19.0 Å². The number of hydrogen-bond donors (Lipinski definition) is 0. The molecule has 0 atom stereocenters. The largest absolute Gasteiger partial charge is 0.335 e. The summed E-state index contributed by atoms with van der Waals surface area (Å²) in [6, 6.07) is 1.47. The molecular weight excluding hydrogens is 282 g/mol. The van der Waals surface area contributed by atoms with E-state index >= 15 is 0 Å². The molecule has 2 rings (SSSR count). The number of nitro groups is 1. The van der Waals surface area contributed by atoms with Crippen molar-refractivity contribution in [3.63, 3.8) is 0 Å².